The number of hydrogen-bond acceptors (Lipinski definition) is 4. The lowest BCUT2D eigenvalue weighted by Crippen LogP contribution is -2.42. The van der Waals surface area contributed by atoms with Crippen molar-refractivity contribution in [2.45, 2.75) is 6.92 Å². The number of carbonyl (C=O) groups is 1. The maximum Gasteiger partial charge on any atom is 0.319 e. The number of nitrogens with zero attached hydrogens (tertiary/aromatic N) is 1. The van der Waals surface area contributed by atoms with Crippen LogP contribution in [-0.4, -0.2) is 63.6 Å². The number of benzene rings is 2. The van der Waals surface area contributed by atoms with E-state index < -0.39 is 12.5 Å². The van der Waals surface area contributed by atoms with Gasteiger partial charge in [0.2, 0.25) is 0 Å². The monoisotopic (exact) mass is 495 g/mol. The highest BCUT2D eigenvalue weighted by molar-refractivity contribution is 5.96. The van der Waals surface area contributed by atoms with Gasteiger partial charge in [0.05, 0.1) is 13.2 Å². The van der Waals surface area contributed by atoms with E-state index in [-0.39, 0.29) is 12.6 Å². The summed E-state index contributed by atoms with van der Waals surface area (Å²) in [6, 6.07) is 11.4. The van der Waals surface area contributed by atoms with Crippen LogP contribution in [-0.2, 0) is 4.74 Å². The number of morpholine rings is 1. The number of anilines is 1. The van der Waals surface area contributed by atoms with E-state index in [2.05, 4.69) is 15.5 Å². The molecular weight excluding hydrogens is 464 g/mol. The quantitative estimate of drug-likeness (QED) is 0.564. The number of hydrogen-bond donors (Lipinski definition) is 2. The lowest BCUT2D eigenvalue weighted by atomic mass is 9.92. The van der Waals surface area contributed by atoms with Crippen molar-refractivity contribution in [1.82, 2.24) is 10.2 Å². The molecule has 8 heteroatoms. The molecule has 36 heavy (non-hydrogen) atoms. The van der Waals surface area contributed by atoms with Crippen molar-refractivity contribution < 1.29 is 23.0 Å². The molecule has 1 fully saturated rings. The summed E-state index contributed by atoms with van der Waals surface area (Å²) >= 11 is 0. The molecule has 1 saturated heterocycles. The highest BCUT2D eigenvalue weighted by atomic mass is 19.1. The van der Waals surface area contributed by atoms with Crippen LogP contribution in [0.5, 0.6) is 5.75 Å². The van der Waals surface area contributed by atoms with Crippen molar-refractivity contribution in [3.8, 4) is 5.75 Å². The molecule has 0 aliphatic carbocycles. The van der Waals surface area contributed by atoms with Crippen molar-refractivity contribution in [2.75, 3.05) is 58.0 Å². The van der Waals surface area contributed by atoms with E-state index in [4.69, 9.17) is 9.47 Å². The topological polar surface area (TPSA) is 62.8 Å². The van der Waals surface area contributed by atoms with Gasteiger partial charge in [-0.05, 0) is 54.0 Å². The third kappa shape index (κ3) is 6.59. The van der Waals surface area contributed by atoms with Crippen LogP contribution in [0.2, 0.25) is 0 Å². The summed E-state index contributed by atoms with van der Waals surface area (Å²) in [5, 5.41) is 5.75. The van der Waals surface area contributed by atoms with Gasteiger partial charge in [-0.3, -0.25) is 4.90 Å². The molecule has 0 spiro atoms. The van der Waals surface area contributed by atoms with Crippen LogP contribution in [0.1, 0.15) is 18.1 Å². The van der Waals surface area contributed by atoms with Crippen LogP contribution in [0.25, 0.3) is 11.6 Å². The Balaban J connectivity index is 1.54. The van der Waals surface area contributed by atoms with Crippen LogP contribution in [0.15, 0.2) is 65.8 Å². The van der Waals surface area contributed by atoms with Gasteiger partial charge in [-0.15, -0.1) is 0 Å². The van der Waals surface area contributed by atoms with E-state index in [0.717, 1.165) is 44.0 Å². The van der Waals surface area contributed by atoms with Crippen LogP contribution >= 0.6 is 0 Å². The number of nitrogens with one attached hydrogen (secondary N) is 2. The first-order valence-corrected chi connectivity index (χ1v) is 12.1. The summed E-state index contributed by atoms with van der Waals surface area (Å²) in [4.78, 5) is 14.7. The summed E-state index contributed by atoms with van der Waals surface area (Å²) in [7, 11) is 0. The summed E-state index contributed by atoms with van der Waals surface area (Å²) in [6.45, 7) is 5.70. The minimum absolute atomic E-state index is 0.0379. The van der Waals surface area contributed by atoms with E-state index in [9.17, 15) is 13.6 Å². The van der Waals surface area contributed by atoms with E-state index in [1.165, 1.54) is 12.1 Å². The maximum absolute atomic E-state index is 13.9. The zero-order valence-corrected chi connectivity index (χ0v) is 20.4. The first-order valence-electron chi connectivity index (χ1n) is 12.1. The third-order valence-corrected chi connectivity index (χ3v) is 6.07. The summed E-state index contributed by atoms with van der Waals surface area (Å²) in [5.41, 5.74) is 4.00. The van der Waals surface area contributed by atoms with Gasteiger partial charge >= 0.3 is 6.03 Å². The van der Waals surface area contributed by atoms with Crippen LogP contribution < -0.4 is 15.4 Å². The number of urea groups is 1. The van der Waals surface area contributed by atoms with Crippen molar-refractivity contribution in [3.05, 3.63) is 82.7 Å². The van der Waals surface area contributed by atoms with Gasteiger partial charge < -0.3 is 20.1 Å². The van der Waals surface area contributed by atoms with Crippen molar-refractivity contribution >= 4 is 23.4 Å². The maximum atomic E-state index is 13.9. The number of amides is 2. The second kappa shape index (κ2) is 12.5. The molecule has 2 aromatic rings. The Kier molecular flexibility index (Phi) is 8.86. The number of alkyl halides is 1. The minimum Gasteiger partial charge on any atom is -0.488 e. The van der Waals surface area contributed by atoms with E-state index in [1.807, 2.05) is 43.4 Å². The third-order valence-electron chi connectivity index (χ3n) is 6.07. The summed E-state index contributed by atoms with van der Waals surface area (Å²) in [5.74, 6) is -0.0594. The number of rotatable bonds is 7. The SMILES string of the molecule is C/C=C\C1=C(CF)COc2cc(F)ccc2/C1=C/c1cccc(NC(=O)NCCN2CCOCC2)c1. The Bertz CT molecular complexity index is 1170. The van der Waals surface area contributed by atoms with Gasteiger partial charge in [0.15, 0.2) is 0 Å². The Morgan fingerprint density at radius 1 is 1.17 bits per heavy atom. The molecule has 0 radical (unpaired) electrons. The molecule has 2 N–H and O–H groups in total. The molecule has 0 bridgehead atoms. The van der Waals surface area contributed by atoms with Crippen molar-refractivity contribution in [3.63, 3.8) is 0 Å². The van der Waals surface area contributed by atoms with Crippen LogP contribution in [0.3, 0.4) is 0 Å². The van der Waals surface area contributed by atoms with Gasteiger partial charge in [-0.1, -0.05) is 24.3 Å². The summed E-state index contributed by atoms with van der Waals surface area (Å²) < 4.78 is 38.9. The van der Waals surface area contributed by atoms with E-state index in [1.54, 1.807) is 12.1 Å². The molecule has 2 amide bonds. The predicted octanol–water partition coefficient (Wildman–Crippen LogP) is 5.05. The number of carbonyl (C=O) groups excluding carboxylic acids is 1. The first-order chi connectivity index (χ1) is 17.6. The molecule has 2 aliphatic heterocycles. The standard InChI is InChI=1S/C28H31F2N3O3/c1-2-4-24-21(18-29)19-36-27-17-22(30)7-8-25(27)26(24)16-20-5-3-6-23(15-20)32-28(34)31-9-10-33-11-13-35-14-12-33/h2-8,15-17H,9-14,18-19H2,1H3,(H2,31,32,34)/b4-2-,26-16+. The predicted molar refractivity (Wildman–Crippen MR) is 138 cm³/mol. The van der Waals surface area contributed by atoms with Gasteiger partial charge in [-0.25, -0.2) is 13.6 Å². The van der Waals surface area contributed by atoms with E-state index in [0.29, 0.717) is 34.7 Å². The number of ether oxygens (including phenoxy) is 2. The van der Waals surface area contributed by atoms with Gasteiger partial charge in [0.25, 0.3) is 0 Å². The average Bonchev–Trinajstić information content (AvgIpc) is 3.01. The number of allylic oxidation sites excluding steroid dienone is 4. The Hall–Kier alpha value is -3.49. The molecular formula is C28H31F2N3O3. The fourth-order valence-corrected chi connectivity index (χ4v) is 4.26. The Labute approximate surface area is 210 Å². The molecule has 6 nitrogen and oxygen atoms in total. The second-order valence-corrected chi connectivity index (χ2v) is 8.60. The zero-order valence-electron chi connectivity index (χ0n) is 20.4. The molecule has 0 unspecified atom stereocenters. The molecule has 2 aromatic carbocycles. The molecule has 0 aromatic heterocycles. The highest BCUT2D eigenvalue weighted by Gasteiger charge is 2.21. The first kappa shape index (κ1) is 25.6. The normalized spacial score (nSPS) is 17.6. The molecule has 2 aliphatic rings. The lowest BCUT2D eigenvalue weighted by molar-refractivity contribution is 0.0388. The number of halogens is 2. The largest absolute Gasteiger partial charge is 0.488 e. The molecule has 4 rings (SSSR count). The molecule has 0 saturated carbocycles. The van der Waals surface area contributed by atoms with Crippen LogP contribution in [0.4, 0.5) is 19.3 Å². The molecule has 0 atom stereocenters. The fraction of sp³-hybridized carbons (Fsp3) is 0.321. The Morgan fingerprint density at radius 3 is 2.78 bits per heavy atom. The lowest BCUT2D eigenvalue weighted by Gasteiger charge is -2.26. The van der Waals surface area contributed by atoms with Crippen molar-refractivity contribution in [2.24, 2.45) is 0 Å². The second-order valence-electron chi connectivity index (χ2n) is 8.60. The fourth-order valence-electron chi connectivity index (χ4n) is 4.26. The number of fused-ring (bicyclic) bond motifs is 1. The molecule has 2 heterocycles. The average molecular weight is 496 g/mol. The van der Waals surface area contributed by atoms with Crippen molar-refractivity contribution in [1.29, 1.82) is 0 Å². The highest BCUT2D eigenvalue weighted by Crippen LogP contribution is 2.38. The Morgan fingerprint density at radius 2 is 2.00 bits per heavy atom. The minimum atomic E-state index is -0.681. The summed E-state index contributed by atoms with van der Waals surface area (Å²) in [6.07, 6.45) is 5.58. The van der Waals surface area contributed by atoms with Crippen LogP contribution in [0, 0.1) is 5.82 Å². The smallest absolute Gasteiger partial charge is 0.319 e. The van der Waals surface area contributed by atoms with E-state index >= 15 is 0 Å². The van der Waals surface area contributed by atoms with Gasteiger partial charge in [-0.2, -0.15) is 0 Å². The molecule has 190 valence electrons. The zero-order chi connectivity index (χ0) is 25.3. The van der Waals surface area contributed by atoms with Gasteiger partial charge in [0, 0.05) is 49.1 Å². The van der Waals surface area contributed by atoms with Gasteiger partial charge in [0.1, 0.15) is 24.8 Å².